The van der Waals surface area contributed by atoms with Crippen LogP contribution in [0.3, 0.4) is 0 Å². The molecule has 6 nitrogen and oxygen atoms in total. The lowest BCUT2D eigenvalue weighted by Gasteiger charge is -2.43. The Hall–Kier alpha value is -2.21. The lowest BCUT2D eigenvalue weighted by Crippen LogP contribution is -2.55. The van der Waals surface area contributed by atoms with E-state index in [0.717, 1.165) is 12.0 Å². The standard InChI is InChI=1S/C19H24O6/c1-5-11-6-8-12(9-7-11)14-15(17(21)24-3)13(20)10-19(2,23)16(14)18(22)25-4/h6-9,14-16,23H,5,10H2,1-4H3/t14-,15-,16+,19-/m1/s1. The maximum Gasteiger partial charge on any atom is 0.316 e. The zero-order valence-electron chi connectivity index (χ0n) is 14.9. The van der Waals surface area contributed by atoms with Gasteiger partial charge in [0.05, 0.1) is 25.7 Å². The van der Waals surface area contributed by atoms with Gasteiger partial charge in [-0.2, -0.15) is 0 Å². The predicted molar refractivity (Wildman–Crippen MR) is 89.8 cm³/mol. The Morgan fingerprint density at radius 1 is 1.16 bits per heavy atom. The number of carbonyl (C=O) groups is 3. The van der Waals surface area contributed by atoms with Gasteiger partial charge in [0.25, 0.3) is 0 Å². The van der Waals surface area contributed by atoms with Crippen molar-refractivity contribution in [3.8, 4) is 0 Å². The number of Topliss-reactive ketones (excluding diaryl/α,β-unsaturated/α-hetero) is 1. The summed E-state index contributed by atoms with van der Waals surface area (Å²) in [5.41, 5.74) is 0.0983. The molecule has 0 bridgehead atoms. The van der Waals surface area contributed by atoms with Gasteiger partial charge in [0.1, 0.15) is 5.92 Å². The van der Waals surface area contributed by atoms with Crippen molar-refractivity contribution in [1.29, 1.82) is 0 Å². The van der Waals surface area contributed by atoms with Crippen LogP contribution >= 0.6 is 0 Å². The molecule has 0 spiro atoms. The molecule has 0 unspecified atom stereocenters. The zero-order valence-corrected chi connectivity index (χ0v) is 14.9. The molecule has 0 heterocycles. The first-order valence-electron chi connectivity index (χ1n) is 8.26. The molecular formula is C19H24O6. The summed E-state index contributed by atoms with van der Waals surface area (Å²) in [6.45, 7) is 3.44. The largest absolute Gasteiger partial charge is 0.469 e. The maximum absolute atomic E-state index is 12.6. The summed E-state index contributed by atoms with van der Waals surface area (Å²) in [6.07, 6.45) is 0.526. The Morgan fingerprint density at radius 2 is 1.72 bits per heavy atom. The third kappa shape index (κ3) is 3.58. The molecule has 2 rings (SSSR count). The highest BCUT2D eigenvalue weighted by Crippen LogP contribution is 2.46. The normalized spacial score (nSPS) is 29.2. The average Bonchev–Trinajstić information content (AvgIpc) is 2.59. The Bertz CT molecular complexity index is 661. The highest BCUT2D eigenvalue weighted by Gasteiger charge is 2.56. The minimum atomic E-state index is -1.61. The van der Waals surface area contributed by atoms with E-state index in [1.54, 1.807) is 12.1 Å². The molecule has 6 heteroatoms. The van der Waals surface area contributed by atoms with Crippen molar-refractivity contribution in [2.24, 2.45) is 11.8 Å². The molecule has 1 N–H and O–H groups in total. The molecule has 136 valence electrons. The van der Waals surface area contributed by atoms with E-state index in [1.807, 2.05) is 19.1 Å². The summed E-state index contributed by atoms with van der Waals surface area (Å²) in [7, 11) is 2.42. The maximum atomic E-state index is 12.6. The number of rotatable bonds is 4. The SMILES string of the molecule is CCc1ccc([C@@H]2[C@H](C(=O)OC)C(=O)C[C@@](C)(O)[C@@H]2C(=O)OC)cc1. The number of ether oxygens (including phenoxy) is 2. The number of hydrogen-bond donors (Lipinski definition) is 1. The number of aryl methyl sites for hydroxylation is 1. The number of ketones is 1. The van der Waals surface area contributed by atoms with Crippen LogP contribution in [0.25, 0.3) is 0 Å². The van der Waals surface area contributed by atoms with Crippen LogP contribution in [-0.2, 0) is 30.3 Å². The van der Waals surface area contributed by atoms with Gasteiger partial charge in [-0.3, -0.25) is 14.4 Å². The second-order valence-corrected chi connectivity index (χ2v) is 6.62. The van der Waals surface area contributed by atoms with E-state index in [4.69, 9.17) is 9.47 Å². The van der Waals surface area contributed by atoms with Crippen molar-refractivity contribution in [2.75, 3.05) is 14.2 Å². The summed E-state index contributed by atoms with van der Waals surface area (Å²) in [4.78, 5) is 37.2. The Labute approximate surface area is 147 Å². The summed E-state index contributed by atoms with van der Waals surface area (Å²) >= 11 is 0. The average molecular weight is 348 g/mol. The molecule has 25 heavy (non-hydrogen) atoms. The molecule has 1 saturated carbocycles. The van der Waals surface area contributed by atoms with Gasteiger partial charge < -0.3 is 14.6 Å². The predicted octanol–water partition coefficient (Wildman–Crippen LogP) is 1.63. The molecule has 0 aromatic heterocycles. The highest BCUT2D eigenvalue weighted by atomic mass is 16.5. The molecule has 1 aromatic rings. The number of esters is 2. The molecule has 4 atom stereocenters. The van der Waals surface area contributed by atoms with Gasteiger partial charge in [-0.1, -0.05) is 31.2 Å². The van der Waals surface area contributed by atoms with E-state index in [0.29, 0.717) is 5.56 Å². The van der Waals surface area contributed by atoms with Crippen LogP contribution in [0.15, 0.2) is 24.3 Å². The van der Waals surface area contributed by atoms with Crippen molar-refractivity contribution in [1.82, 2.24) is 0 Å². The molecule has 1 aromatic carbocycles. The molecule has 1 fully saturated rings. The summed E-state index contributed by atoms with van der Waals surface area (Å²) in [6, 6.07) is 7.33. The van der Waals surface area contributed by atoms with Gasteiger partial charge in [-0.05, 0) is 24.5 Å². The smallest absolute Gasteiger partial charge is 0.316 e. The molecular weight excluding hydrogens is 324 g/mol. The topological polar surface area (TPSA) is 89.9 Å². The second-order valence-electron chi connectivity index (χ2n) is 6.62. The van der Waals surface area contributed by atoms with E-state index < -0.39 is 41.1 Å². The number of methoxy groups -OCH3 is 2. The lowest BCUT2D eigenvalue weighted by molar-refractivity contribution is -0.170. The van der Waals surface area contributed by atoms with E-state index in [1.165, 1.54) is 21.1 Å². The third-order valence-corrected chi connectivity index (χ3v) is 4.95. The van der Waals surface area contributed by atoms with Gasteiger partial charge in [0, 0.05) is 12.3 Å². The lowest BCUT2D eigenvalue weighted by atomic mass is 9.61. The summed E-state index contributed by atoms with van der Waals surface area (Å²) in [5, 5.41) is 10.7. The zero-order chi connectivity index (χ0) is 18.8. The fraction of sp³-hybridized carbons (Fsp3) is 0.526. The summed E-state index contributed by atoms with van der Waals surface area (Å²) in [5.74, 6) is -4.85. The second kappa shape index (κ2) is 7.35. The van der Waals surface area contributed by atoms with Crippen LogP contribution in [0.5, 0.6) is 0 Å². The van der Waals surface area contributed by atoms with Gasteiger partial charge in [0.2, 0.25) is 0 Å². The fourth-order valence-corrected chi connectivity index (χ4v) is 3.65. The van der Waals surface area contributed by atoms with Crippen molar-refractivity contribution in [3.63, 3.8) is 0 Å². The number of hydrogen-bond acceptors (Lipinski definition) is 6. The molecule has 1 aliphatic rings. The van der Waals surface area contributed by atoms with Gasteiger partial charge >= 0.3 is 11.9 Å². The Morgan fingerprint density at radius 3 is 2.20 bits per heavy atom. The van der Waals surface area contributed by atoms with Gasteiger partial charge in [0.15, 0.2) is 5.78 Å². The van der Waals surface area contributed by atoms with Crippen LogP contribution in [0.1, 0.15) is 37.3 Å². The third-order valence-electron chi connectivity index (χ3n) is 4.95. The van der Waals surface area contributed by atoms with Crippen molar-refractivity contribution in [2.45, 2.75) is 38.2 Å². The van der Waals surface area contributed by atoms with Crippen LogP contribution in [0, 0.1) is 11.8 Å². The van der Waals surface area contributed by atoms with Crippen LogP contribution in [-0.4, -0.2) is 42.6 Å². The number of aliphatic hydroxyl groups is 1. The number of carbonyl (C=O) groups excluding carboxylic acids is 3. The highest BCUT2D eigenvalue weighted by molar-refractivity contribution is 6.02. The molecule has 1 aliphatic carbocycles. The first kappa shape index (κ1) is 19.1. The van der Waals surface area contributed by atoms with Crippen molar-refractivity contribution in [3.05, 3.63) is 35.4 Å². The first-order chi connectivity index (χ1) is 11.8. The van der Waals surface area contributed by atoms with Crippen LogP contribution in [0.2, 0.25) is 0 Å². The van der Waals surface area contributed by atoms with Crippen LogP contribution in [0.4, 0.5) is 0 Å². The van der Waals surface area contributed by atoms with Crippen molar-refractivity contribution >= 4 is 17.7 Å². The number of benzene rings is 1. The quantitative estimate of drug-likeness (QED) is 0.657. The minimum Gasteiger partial charge on any atom is -0.469 e. The van der Waals surface area contributed by atoms with E-state index >= 15 is 0 Å². The molecule has 0 amide bonds. The Balaban J connectivity index is 2.61. The Kier molecular flexibility index (Phi) is 5.62. The fourth-order valence-electron chi connectivity index (χ4n) is 3.65. The van der Waals surface area contributed by atoms with E-state index in [9.17, 15) is 19.5 Å². The van der Waals surface area contributed by atoms with Gasteiger partial charge in [-0.25, -0.2) is 0 Å². The molecule has 0 saturated heterocycles. The summed E-state index contributed by atoms with van der Waals surface area (Å²) < 4.78 is 9.65. The van der Waals surface area contributed by atoms with Gasteiger partial charge in [-0.15, -0.1) is 0 Å². The minimum absolute atomic E-state index is 0.309. The van der Waals surface area contributed by atoms with Crippen molar-refractivity contribution < 1.29 is 29.0 Å². The van der Waals surface area contributed by atoms with Crippen LogP contribution < -0.4 is 0 Å². The molecule has 0 radical (unpaired) electrons. The van der Waals surface area contributed by atoms with E-state index in [-0.39, 0.29) is 6.42 Å². The van der Waals surface area contributed by atoms with E-state index in [2.05, 4.69) is 0 Å². The monoisotopic (exact) mass is 348 g/mol. The molecule has 0 aliphatic heterocycles. The first-order valence-corrected chi connectivity index (χ1v) is 8.26.